The Labute approximate surface area is 107 Å². The molecule has 0 aliphatic rings. The number of hydrogen-bond donors (Lipinski definition) is 2. The summed E-state index contributed by atoms with van der Waals surface area (Å²) in [6, 6.07) is 15.2. The lowest BCUT2D eigenvalue weighted by molar-refractivity contribution is -0.115. The van der Waals surface area contributed by atoms with Crippen LogP contribution >= 0.6 is 0 Å². The van der Waals surface area contributed by atoms with Crippen molar-refractivity contribution in [3.05, 3.63) is 59.7 Å². The van der Waals surface area contributed by atoms with Crippen LogP contribution in [0.1, 0.15) is 11.1 Å². The fourth-order valence-electron chi connectivity index (χ4n) is 1.83. The maximum atomic E-state index is 11.9. The van der Waals surface area contributed by atoms with Gasteiger partial charge in [0.25, 0.3) is 0 Å². The lowest BCUT2D eigenvalue weighted by Crippen LogP contribution is -2.16. The van der Waals surface area contributed by atoms with E-state index in [1.165, 1.54) is 0 Å². The van der Waals surface area contributed by atoms with Gasteiger partial charge in [-0.25, -0.2) is 0 Å². The summed E-state index contributed by atoms with van der Waals surface area (Å²) < 4.78 is 0. The Hall–Kier alpha value is -2.29. The Morgan fingerprint density at radius 3 is 2.50 bits per heavy atom. The number of carbonyl (C=O) groups is 1. The first-order valence-corrected chi connectivity index (χ1v) is 5.85. The molecule has 0 bridgehead atoms. The Bertz CT molecular complexity index is 529. The van der Waals surface area contributed by atoms with Crippen molar-refractivity contribution in [3.8, 4) is 0 Å². The van der Waals surface area contributed by atoms with Crippen LogP contribution in [-0.4, -0.2) is 5.91 Å². The summed E-state index contributed by atoms with van der Waals surface area (Å²) in [4.78, 5) is 11.9. The van der Waals surface area contributed by atoms with Crippen molar-refractivity contribution < 1.29 is 4.79 Å². The fraction of sp³-hybridized carbons (Fsp3) is 0.133. The van der Waals surface area contributed by atoms with E-state index in [4.69, 9.17) is 5.73 Å². The number of nitrogen functional groups attached to an aromatic ring is 1. The normalized spacial score (nSPS) is 10.1. The number of nitrogens with one attached hydrogen (secondary N) is 1. The molecule has 0 radical (unpaired) electrons. The van der Waals surface area contributed by atoms with Gasteiger partial charge < -0.3 is 11.1 Å². The maximum absolute atomic E-state index is 11.9. The first-order valence-electron chi connectivity index (χ1n) is 5.85. The number of para-hydroxylation sites is 1. The molecule has 0 atom stereocenters. The van der Waals surface area contributed by atoms with Crippen LogP contribution in [0.15, 0.2) is 48.5 Å². The molecule has 0 saturated heterocycles. The molecule has 0 saturated carbocycles. The summed E-state index contributed by atoms with van der Waals surface area (Å²) >= 11 is 0. The van der Waals surface area contributed by atoms with Crippen LogP contribution < -0.4 is 11.1 Å². The topological polar surface area (TPSA) is 55.1 Å². The van der Waals surface area contributed by atoms with Crippen molar-refractivity contribution in [1.82, 2.24) is 0 Å². The lowest BCUT2D eigenvalue weighted by Gasteiger charge is -2.11. The quantitative estimate of drug-likeness (QED) is 0.810. The molecule has 1 amide bonds. The van der Waals surface area contributed by atoms with Gasteiger partial charge in [-0.3, -0.25) is 4.79 Å². The van der Waals surface area contributed by atoms with E-state index < -0.39 is 0 Å². The van der Waals surface area contributed by atoms with Gasteiger partial charge in [-0.15, -0.1) is 0 Å². The molecular formula is C15H16N2O. The van der Waals surface area contributed by atoms with Gasteiger partial charge in [-0.2, -0.15) is 0 Å². The second-order valence-corrected chi connectivity index (χ2v) is 4.25. The Balaban J connectivity index is 2.08. The summed E-state index contributed by atoms with van der Waals surface area (Å²) in [5.41, 5.74) is 9.11. The standard InChI is InChI=1S/C15H16N2O/c1-11-6-5-9-13(16)15(11)17-14(18)10-12-7-3-2-4-8-12/h2-9H,10,16H2,1H3,(H,17,18). The van der Waals surface area contributed by atoms with Crippen LogP contribution in [-0.2, 0) is 11.2 Å². The van der Waals surface area contributed by atoms with E-state index in [9.17, 15) is 4.79 Å². The predicted octanol–water partition coefficient (Wildman–Crippen LogP) is 2.76. The van der Waals surface area contributed by atoms with Crippen LogP contribution in [0.4, 0.5) is 11.4 Å². The first kappa shape index (κ1) is 12.2. The molecule has 2 rings (SSSR count). The minimum Gasteiger partial charge on any atom is -0.397 e. The number of amides is 1. The number of benzene rings is 2. The van der Waals surface area contributed by atoms with Crippen molar-refractivity contribution in [3.63, 3.8) is 0 Å². The Morgan fingerprint density at radius 1 is 1.11 bits per heavy atom. The van der Waals surface area contributed by atoms with E-state index in [1.807, 2.05) is 49.4 Å². The summed E-state index contributed by atoms with van der Waals surface area (Å²) in [5, 5.41) is 2.86. The van der Waals surface area contributed by atoms with Crippen molar-refractivity contribution in [1.29, 1.82) is 0 Å². The highest BCUT2D eigenvalue weighted by molar-refractivity contribution is 5.96. The van der Waals surface area contributed by atoms with Crippen LogP contribution in [0.5, 0.6) is 0 Å². The molecule has 92 valence electrons. The number of nitrogens with two attached hydrogens (primary N) is 1. The molecule has 0 heterocycles. The molecule has 0 aromatic heterocycles. The second-order valence-electron chi connectivity index (χ2n) is 4.25. The molecular weight excluding hydrogens is 224 g/mol. The third kappa shape index (κ3) is 2.88. The maximum Gasteiger partial charge on any atom is 0.228 e. The van der Waals surface area contributed by atoms with Crippen LogP contribution in [0.25, 0.3) is 0 Å². The molecule has 0 spiro atoms. The molecule has 18 heavy (non-hydrogen) atoms. The van der Waals surface area contributed by atoms with Gasteiger partial charge in [-0.1, -0.05) is 42.5 Å². The lowest BCUT2D eigenvalue weighted by atomic mass is 10.1. The summed E-state index contributed by atoms with van der Waals surface area (Å²) in [7, 11) is 0. The van der Waals surface area contributed by atoms with Crippen molar-refractivity contribution >= 4 is 17.3 Å². The minimum atomic E-state index is -0.0535. The van der Waals surface area contributed by atoms with Gasteiger partial charge in [0.2, 0.25) is 5.91 Å². The number of carbonyl (C=O) groups excluding carboxylic acids is 1. The second kappa shape index (κ2) is 5.36. The molecule has 0 aliphatic carbocycles. The van der Waals surface area contributed by atoms with E-state index >= 15 is 0 Å². The summed E-state index contributed by atoms with van der Waals surface area (Å²) in [6.07, 6.45) is 0.356. The number of aryl methyl sites for hydroxylation is 1. The van der Waals surface area contributed by atoms with E-state index in [0.717, 1.165) is 11.1 Å². The summed E-state index contributed by atoms with van der Waals surface area (Å²) in [6.45, 7) is 1.93. The number of anilines is 2. The van der Waals surface area contributed by atoms with Crippen molar-refractivity contribution in [2.24, 2.45) is 0 Å². The van der Waals surface area contributed by atoms with Crippen LogP contribution in [0.3, 0.4) is 0 Å². The Kier molecular flexibility index (Phi) is 3.63. The van der Waals surface area contributed by atoms with E-state index in [-0.39, 0.29) is 5.91 Å². The van der Waals surface area contributed by atoms with Crippen molar-refractivity contribution in [2.75, 3.05) is 11.1 Å². The molecule has 3 heteroatoms. The molecule has 0 unspecified atom stereocenters. The highest BCUT2D eigenvalue weighted by Gasteiger charge is 2.08. The van der Waals surface area contributed by atoms with Gasteiger partial charge in [0.15, 0.2) is 0 Å². The van der Waals surface area contributed by atoms with Gasteiger partial charge in [0, 0.05) is 0 Å². The zero-order valence-corrected chi connectivity index (χ0v) is 10.3. The first-order chi connectivity index (χ1) is 8.66. The average Bonchev–Trinajstić information content (AvgIpc) is 2.35. The van der Waals surface area contributed by atoms with Gasteiger partial charge in [0.1, 0.15) is 0 Å². The molecule has 3 nitrogen and oxygen atoms in total. The average molecular weight is 240 g/mol. The van der Waals surface area contributed by atoms with E-state index in [2.05, 4.69) is 5.32 Å². The van der Waals surface area contributed by atoms with E-state index in [1.54, 1.807) is 6.07 Å². The van der Waals surface area contributed by atoms with Crippen LogP contribution in [0, 0.1) is 6.92 Å². The highest BCUT2D eigenvalue weighted by Crippen LogP contribution is 2.22. The molecule has 0 aliphatic heterocycles. The van der Waals surface area contributed by atoms with E-state index in [0.29, 0.717) is 17.8 Å². The third-order valence-electron chi connectivity index (χ3n) is 2.78. The smallest absolute Gasteiger partial charge is 0.228 e. The fourth-order valence-corrected chi connectivity index (χ4v) is 1.83. The van der Waals surface area contributed by atoms with Crippen molar-refractivity contribution in [2.45, 2.75) is 13.3 Å². The molecule has 0 fully saturated rings. The van der Waals surface area contributed by atoms with Gasteiger partial charge in [-0.05, 0) is 24.1 Å². The van der Waals surface area contributed by atoms with Crippen LogP contribution in [0.2, 0.25) is 0 Å². The molecule has 3 N–H and O–H groups in total. The largest absolute Gasteiger partial charge is 0.397 e. The van der Waals surface area contributed by atoms with Gasteiger partial charge in [0.05, 0.1) is 17.8 Å². The number of hydrogen-bond acceptors (Lipinski definition) is 2. The predicted molar refractivity (Wildman–Crippen MR) is 74.4 cm³/mol. The van der Waals surface area contributed by atoms with Gasteiger partial charge >= 0.3 is 0 Å². The monoisotopic (exact) mass is 240 g/mol. The summed E-state index contributed by atoms with van der Waals surface area (Å²) in [5.74, 6) is -0.0535. The SMILES string of the molecule is Cc1cccc(N)c1NC(=O)Cc1ccccc1. The third-order valence-corrected chi connectivity index (χ3v) is 2.78. The Morgan fingerprint density at radius 2 is 1.83 bits per heavy atom. The molecule has 2 aromatic rings. The molecule has 2 aromatic carbocycles. The number of rotatable bonds is 3. The highest BCUT2D eigenvalue weighted by atomic mass is 16.1. The zero-order valence-electron chi connectivity index (χ0n) is 10.3. The minimum absolute atomic E-state index is 0.0535. The zero-order chi connectivity index (χ0) is 13.0.